The summed E-state index contributed by atoms with van der Waals surface area (Å²) in [5.41, 5.74) is 3.53. The van der Waals surface area contributed by atoms with Crippen LogP contribution < -0.4 is 10.9 Å². The molecule has 0 saturated carbocycles. The Hall–Kier alpha value is -1.95. The lowest BCUT2D eigenvalue weighted by atomic mass is 10.1. The van der Waals surface area contributed by atoms with Crippen LogP contribution in [0.15, 0.2) is 33.5 Å². The molecule has 23 heavy (non-hydrogen) atoms. The standard InChI is InChI=1S/C17H18BrN3O2/c1-11-5-6-13(18)10-14(11)17(23)19-7-8-21-16(22)9-12-3-2-4-15(12)20-21/h5-6,9-10H,2-4,7-8H2,1H3,(H,19,23). The third-order valence-corrected chi connectivity index (χ3v) is 4.57. The van der Waals surface area contributed by atoms with Crippen LogP contribution in [-0.2, 0) is 19.4 Å². The van der Waals surface area contributed by atoms with Gasteiger partial charge in [0.15, 0.2) is 0 Å². The summed E-state index contributed by atoms with van der Waals surface area (Å²) in [5, 5.41) is 7.25. The number of nitrogens with zero attached hydrogens (tertiary/aromatic N) is 2. The number of carbonyl (C=O) groups is 1. The second-order valence-corrected chi connectivity index (χ2v) is 6.66. The van der Waals surface area contributed by atoms with Crippen molar-refractivity contribution in [1.82, 2.24) is 15.1 Å². The van der Waals surface area contributed by atoms with Crippen LogP contribution >= 0.6 is 15.9 Å². The van der Waals surface area contributed by atoms with Crippen molar-refractivity contribution in [3.05, 3.63) is 61.5 Å². The first-order valence-corrected chi connectivity index (χ1v) is 8.48. The van der Waals surface area contributed by atoms with E-state index < -0.39 is 0 Å². The number of benzene rings is 1. The van der Waals surface area contributed by atoms with Crippen LogP contribution in [0.5, 0.6) is 0 Å². The molecular formula is C17H18BrN3O2. The van der Waals surface area contributed by atoms with Gasteiger partial charge in [-0.2, -0.15) is 5.10 Å². The topological polar surface area (TPSA) is 64.0 Å². The van der Waals surface area contributed by atoms with Gasteiger partial charge in [0.1, 0.15) is 0 Å². The van der Waals surface area contributed by atoms with Gasteiger partial charge in [-0.05, 0) is 49.4 Å². The van der Waals surface area contributed by atoms with E-state index in [1.54, 1.807) is 12.1 Å². The lowest BCUT2D eigenvalue weighted by Crippen LogP contribution is -2.32. The highest BCUT2D eigenvalue weighted by Gasteiger charge is 2.15. The van der Waals surface area contributed by atoms with Crippen LogP contribution in [0.2, 0.25) is 0 Å². The zero-order valence-corrected chi connectivity index (χ0v) is 14.5. The number of fused-ring (bicyclic) bond motifs is 1. The maximum Gasteiger partial charge on any atom is 0.267 e. The molecule has 1 heterocycles. The molecule has 0 atom stereocenters. The molecule has 120 valence electrons. The smallest absolute Gasteiger partial charge is 0.267 e. The van der Waals surface area contributed by atoms with E-state index in [9.17, 15) is 9.59 Å². The summed E-state index contributed by atoms with van der Waals surface area (Å²) in [4.78, 5) is 24.2. The number of aromatic nitrogens is 2. The van der Waals surface area contributed by atoms with Crippen molar-refractivity contribution < 1.29 is 4.79 Å². The molecule has 0 bridgehead atoms. The van der Waals surface area contributed by atoms with Crippen molar-refractivity contribution in [3.63, 3.8) is 0 Å². The molecule has 3 rings (SSSR count). The van der Waals surface area contributed by atoms with Crippen LogP contribution in [0.4, 0.5) is 0 Å². The predicted molar refractivity (Wildman–Crippen MR) is 91.7 cm³/mol. The largest absolute Gasteiger partial charge is 0.350 e. The average molecular weight is 376 g/mol. The van der Waals surface area contributed by atoms with Crippen molar-refractivity contribution >= 4 is 21.8 Å². The molecule has 0 spiro atoms. The molecule has 2 aromatic rings. The van der Waals surface area contributed by atoms with E-state index in [1.807, 2.05) is 19.1 Å². The summed E-state index contributed by atoms with van der Waals surface area (Å²) >= 11 is 3.37. The Morgan fingerprint density at radius 2 is 2.17 bits per heavy atom. The molecule has 1 aliphatic carbocycles. The Bertz CT molecular complexity index is 814. The first-order chi connectivity index (χ1) is 11.0. The molecule has 1 N–H and O–H groups in total. The summed E-state index contributed by atoms with van der Waals surface area (Å²) in [7, 11) is 0. The Labute approximate surface area is 142 Å². The van der Waals surface area contributed by atoms with Crippen molar-refractivity contribution in [2.45, 2.75) is 32.7 Å². The van der Waals surface area contributed by atoms with E-state index >= 15 is 0 Å². The lowest BCUT2D eigenvalue weighted by molar-refractivity contribution is 0.0951. The second-order valence-electron chi connectivity index (χ2n) is 5.75. The van der Waals surface area contributed by atoms with Gasteiger partial charge in [-0.3, -0.25) is 9.59 Å². The fourth-order valence-electron chi connectivity index (χ4n) is 2.81. The number of aryl methyl sites for hydroxylation is 3. The summed E-state index contributed by atoms with van der Waals surface area (Å²) < 4.78 is 2.31. The van der Waals surface area contributed by atoms with E-state index in [2.05, 4.69) is 26.3 Å². The Morgan fingerprint density at radius 3 is 3.00 bits per heavy atom. The van der Waals surface area contributed by atoms with Gasteiger partial charge in [-0.25, -0.2) is 4.68 Å². The number of hydrogen-bond donors (Lipinski definition) is 1. The maximum atomic E-state index is 12.2. The third-order valence-electron chi connectivity index (χ3n) is 4.08. The highest BCUT2D eigenvalue weighted by molar-refractivity contribution is 9.10. The average Bonchev–Trinajstić information content (AvgIpc) is 2.96. The number of halogens is 1. The number of rotatable bonds is 4. The molecule has 5 nitrogen and oxygen atoms in total. The second kappa shape index (κ2) is 6.66. The highest BCUT2D eigenvalue weighted by Crippen LogP contribution is 2.17. The predicted octanol–water partition coefficient (Wildman–Crippen LogP) is 2.23. The summed E-state index contributed by atoms with van der Waals surface area (Å²) in [6.07, 6.45) is 2.93. The Morgan fingerprint density at radius 1 is 1.35 bits per heavy atom. The van der Waals surface area contributed by atoms with Crippen molar-refractivity contribution in [3.8, 4) is 0 Å². The molecule has 1 aromatic heterocycles. The quantitative estimate of drug-likeness (QED) is 0.890. The van der Waals surface area contributed by atoms with Gasteiger partial charge in [-0.15, -0.1) is 0 Å². The molecule has 0 aliphatic heterocycles. The molecule has 1 aromatic carbocycles. The summed E-state index contributed by atoms with van der Waals surface area (Å²) in [6, 6.07) is 7.27. The van der Waals surface area contributed by atoms with Crippen LogP contribution in [0, 0.1) is 6.92 Å². The van der Waals surface area contributed by atoms with Gasteiger partial charge in [-0.1, -0.05) is 22.0 Å². The molecule has 0 unspecified atom stereocenters. The summed E-state index contributed by atoms with van der Waals surface area (Å²) in [5.74, 6) is -0.141. The van der Waals surface area contributed by atoms with Crippen LogP contribution in [-0.4, -0.2) is 22.2 Å². The van der Waals surface area contributed by atoms with Crippen molar-refractivity contribution in [2.75, 3.05) is 6.54 Å². The van der Waals surface area contributed by atoms with Gasteiger partial charge in [0.05, 0.1) is 12.2 Å². The molecular weight excluding hydrogens is 358 g/mol. The van der Waals surface area contributed by atoms with Crippen LogP contribution in [0.1, 0.15) is 33.6 Å². The van der Waals surface area contributed by atoms with Gasteiger partial charge in [0.25, 0.3) is 11.5 Å². The van der Waals surface area contributed by atoms with Gasteiger partial charge >= 0.3 is 0 Å². The number of amides is 1. The fraction of sp³-hybridized carbons (Fsp3) is 0.353. The molecule has 0 saturated heterocycles. The van der Waals surface area contributed by atoms with E-state index in [0.717, 1.165) is 40.6 Å². The van der Waals surface area contributed by atoms with Gasteiger partial charge < -0.3 is 5.32 Å². The number of nitrogens with one attached hydrogen (secondary N) is 1. The molecule has 6 heteroatoms. The van der Waals surface area contributed by atoms with Crippen LogP contribution in [0.3, 0.4) is 0 Å². The highest BCUT2D eigenvalue weighted by atomic mass is 79.9. The monoisotopic (exact) mass is 375 g/mol. The SMILES string of the molecule is Cc1ccc(Br)cc1C(=O)NCCn1nc2c(cc1=O)CCC2. The lowest BCUT2D eigenvalue weighted by Gasteiger charge is -2.10. The van der Waals surface area contributed by atoms with Crippen LogP contribution in [0.25, 0.3) is 0 Å². The van der Waals surface area contributed by atoms with Gasteiger partial charge in [0, 0.05) is 22.6 Å². The molecule has 1 amide bonds. The zero-order chi connectivity index (χ0) is 16.4. The normalized spacial score (nSPS) is 13.0. The minimum absolute atomic E-state index is 0.0986. The maximum absolute atomic E-state index is 12.2. The zero-order valence-electron chi connectivity index (χ0n) is 12.9. The molecule has 0 radical (unpaired) electrons. The van der Waals surface area contributed by atoms with Crippen molar-refractivity contribution in [1.29, 1.82) is 0 Å². The van der Waals surface area contributed by atoms with Gasteiger partial charge in [0.2, 0.25) is 0 Å². The van der Waals surface area contributed by atoms with E-state index in [4.69, 9.17) is 0 Å². The minimum Gasteiger partial charge on any atom is -0.350 e. The van der Waals surface area contributed by atoms with E-state index in [1.165, 1.54) is 4.68 Å². The Balaban J connectivity index is 1.65. The van der Waals surface area contributed by atoms with E-state index in [-0.39, 0.29) is 11.5 Å². The van der Waals surface area contributed by atoms with Crippen molar-refractivity contribution in [2.24, 2.45) is 0 Å². The van der Waals surface area contributed by atoms with E-state index in [0.29, 0.717) is 18.7 Å². The Kier molecular flexibility index (Phi) is 4.61. The summed E-state index contributed by atoms with van der Waals surface area (Å²) in [6.45, 7) is 2.65. The number of carbonyl (C=O) groups excluding carboxylic acids is 1. The molecule has 0 fully saturated rings. The third kappa shape index (κ3) is 3.52. The minimum atomic E-state index is -0.141. The first-order valence-electron chi connectivity index (χ1n) is 7.69. The fourth-order valence-corrected chi connectivity index (χ4v) is 3.17. The first kappa shape index (κ1) is 15.9. The number of hydrogen-bond acceptors (Lipinski definition) is 3. The molecule has 1 aliphatic rings.